The quantitative estimate of drug-likeness (QED) is 0.775. The van der Waals surface area contributed by atoms with E-state index in [4.69, 9.17) is 0 Å². The first-order chi connectivity index (χ1) is 9.29. The van der Waals surface area contributed by atoms with Gasteiger partial charge in [-0.25, -0.2) is 0 Å². The molecule has 1 aromatic carbocycles. The molecule has 2 nitrogen and oxygen atoms in total. The predicted octanol–water partition coefficient (Wildman–Crippen LogP) is 4.27. The van der Waals surface area contributed by atoms with Crippen LogP contribution in [0.3, 0.4) is 0 Å². The summed E-state index contributed by atoms with van der Waals surface area (Å²) in [6, 6.07) is 3.52. The molecule has 0 bridgehead atoms. The fourth-order valence-electron chi connectivity index (χ4n) is 1.90. The molecule has 0 spiro atoms. The minimum Gasteiger partial charge on any atom is -0.343 e. The monoisotopic (exact) mass is 351 g/mol. The highest BCUT2D eigenvalue weighted by atomic mass is 79.9. The Morgan fingerprint density at radius 3 is 2.30 bits per heavy atom. The van der Waals surface area contributed by atoms with E-state index >= 15 is 0 Å². The molecule has 20 heavy (non-hydrogen) atoms. The van der Waals surface area contributed by atoms with Crippen molar-refractivity contribution < 1.29 is 18.0 Å². The normalized spacial score (nSPS) is 11.5. The van der Waals surface area contributed by atoms with E-state index in [0.717, 1.165) is 12.1 Å². The number of hydrogen-bond acceptors (Lipinski definition) is 1. The molecular formula is C14H17BrF3NO. The second kappa shape index (κ2) is 7.11. The Hall–Kier alpha value is -1.04. The molecule has 1 amide bonds. The number of halogens is 4. The standard InChI is InChI=1S/C14H17BrF3NO/c1-3-19(4-2)13(20)8-6-10-5-7-11(9-12(10)15)14(16,17)18/h5,7,9H,3-4,6,8H2,1-2H3. The average molecular weight is 352 g/mol. The van der Waals surface area contributed by atoms with Gasteiger partial charge in [-0.3, -0.25) is 4.79 Å². The molecule has 0 fully saturated rings. The number of amides is 1. The van der Waals surface area contributed by atoms with E-state index in [1.807, 2.05) is 13.8 Å². The Bertz CT molecular complexity index is 470. The van der Waals surface area contributed by atoms with Crippen LogP contribution in [0.5, 0.6) is 0 Å². The van der Waals surface area contributed by atoms with Gasteiger partial charge < -0.3 is 4.90 Å². The fourth-order valence-corrected chi connectivity index (χ4v) is 2.48. The summed E-state index contributed by atoms with van der Waals surface area (Å²) in [6.07, 6.45) is -3.63. The van der Waals surface area contributed by atoms with E-state index in [1.165, 1.54) is 6.07 Å². The lowest BCUT2D eigenvalue weighted by molar-refractivity contribution is -0.137. The summed E-state index contributed by atoms with van der Waals surface area (Å²) in [6.45, 7) is 5.08. The average Bonchev–Trinajstić information content (AvgIpc) is 2.37. The van der Waals surface area contributed by atoms with Crippen LogP contribution in [0.2, 0.25) is 0 Å². The third-order valence-electron chi connectivity index (χ3n) is 3.10. The van der Waals surface area contributed by atoms with Crippen LogP contribution >= 0.6 is 15.9 Å². The Kier molecular flexibility index (Phi) is 6.05. The van der Waals surface area contributed by atoms with Gasteiger partial charge in [0.15, 0.2) is 0 Å². The minimum atomic E-state index is -4.35. The van der Waals surface area contributed by atoms with Crippen molar-refractivity contribution in [3.63, 3.8) is 0 Å². The molecule has 0 saturated carbocycles. The Labute approximate surface area is 125 Å². The molecule has 0 aliphatic heterocycles. The van der Waals surface area contributed by atoms with Crippen molar-refractivity contribution in [2.24, 2.45) is 0 Å². The summed E-state index contributed by atoms with van der Waals surface area (Å²) in [5.41, 5.74) is 0.0155. The van der Waals surface area contributed by atoms with Crippen molar-refractivity contribution in [1.82, 2.24) is 4.90 Å². The molecule has 112 valence electrons. The van der Waals surface area contributed by atoms with Gasteiger partial charge in [0, 0.05) is 24.0 Å². The van der Waals surface area contributed by atoms with Crippen LogP contribution in [0.15, 0.2) is 22.7 Å². The molecular weight excluding hydrogens is 335 g/mol. The number of aryl methyl sites for hydroxylation is 1. The second-order valence-corrected chi connectivity index (χ2v) is 5.22. The summed E-state index contributed by atoms with van der Waals surface area (Å²) in [5.74, 6) is 0.0156. The third-order valence-corrected chi connectivity index (χ3v) is 3.84. The lowest BCUT2D eigenvalue weighted by Gasteiger charge is -2.18. The molecule has 1 rings (SSSR count). The highest BCUT2D eigenvalue weighted by Gasteiger charge is 2.30. The van der Waals surface area contributed by atoms with Gasteiger partial charge in [0.1, 0.15) is 0 Å². The van der Waals surface area contributed by atoms with Crippen LogP contribution in [-0.4, -0.2) is 23.9 Å². The van der Waals surface area contributed by atoms with Gasteiger partial charge in [-0.1, -0.05) is 22.0 Å². The molecule has 0 heterocycles. The lowest BCUT2D eigenvalue weighted by atomic mass is 10.1. The number of rotatable bonds is 5. The van der Waals surface area contributed by atoms with Gasteiger partial charge in [-0.05, 0) is 38.0 Å². The van der Waals surface area contributed by atoms with Gasteiger partial charge in [0.25, 0.3) is 0 Å². The zero-order valence-corrected chi connectivity index (χ0v) is 13.0. The SMILES string of the molecule is CCN(CC)C(=O)CCc1ccc(C(F)(F)F)cc1Br. The number of carbonyl (C=O) groups is 1. The number of nitrogens with zero attached hydrogens (tertiary/aromatic N) is 1. The van der Waals surface area contributed by atoms with Crippen LogP contribution in [0, 0.1) is 0 Å². The van der Waals surface area contributed by atoms with Crippen molar-refractivity contribution in [2.75, 3.05) is 13.1 Å². The molecule has 0 radical (unpaired) electrons. The van der Waals surface area contributed by atoms with E-state index in [2.05, 4.69) is 15.9 Å². The van der Waals surface area contributed by atoms with Crippen LogP contribution in [0.1, 0.15) is 31.4 Å². The summed E-state index contributed by atoms with van der Waals surface area (Å²) in [4.78, 5) is 13.6. The van der Waals surface area contributed by atoms with E-state index in [9.17, 15) is 18.0 Å². The van der Waals surface area contributed by atoms with Crippen LogP contribution < -0.4 is 0 Å². The van der Waals surface area contributed by atoms with Crippen LogP contribution in [0.4, 0.5) is 13.2 Å². The maximum atomic E-state index is 12.5. The van der Waals surface area contributed by atoms with Crippen molar-refractivity contribution in [3.05, 3.63) is 33.8 Å². The van der Waals surface area contributed by atoms with Gasteiger partial charge in [-0.15, -0.1) is 0 Å². The molecule has 0 aliphatic rings. The molecule has 0 aliphatic carbocycles. The van der Waals surface area contributed by atoms with Crippen LogP contribution in [0.25, 0.3) is 0 Å². The highest BCUT2D eigenvalue weighted by Crippen LogP contribution is 2.32. The Morgan fingerprint density at radius 2 is 1.85 bits per heavy atom. The first-order valence-electron chi connectivity index (χ1n) is 6.43. The van der Waals surface area contributed by atoms with E-state index in [1.54, 1.807) is 4.90 Å². The maximum absolute atomic E-state index is 12.5. The topological polar surface area (TPSA) is 20.3 Å². The largest absolute Gasteiger partial charge is 0.416 e. The predicted molar refractivity (Wildman–Crippen MR) is 75.4 cm³/mol. The van der Waals surface area contributed by atoms with Crippen molar-refractivity contribution in [1.29, 1.82) is 0 Å². The zero-order valence-electron chi connectivity index (χ0n) is 11.4. The zero-order chi connectivity index (χ0) is 15.3. The Morgan fingerprint density at radius 1 is 1.25 bits per heavy atom. The third kappa shape index (κ3) is 4.51. The van der Waals surface area contributed by atoms with E-state index in [0.29, 0.717) is 36.0 Å². The first-order valence-corrected chi connectivity index (χ1v) is 7.22. The molecule has 6 heteroatoms. The van der Waals surface area contributed by atoms with Gasteiger partial charge in [0.05, 0.1) is 5.56 Å². The minimum absolute atomic E-state index is 0.0156. The first kappa shape index (κ1) is 17.0. The smallest absolute Gasteiger partial charge is 0.343 e. The van der Waals surface area contributed by atoms with Crippen LogP contribution in [-0.2, 0) is 17.4 Å². The molecule has 0 N–H and O–H groups in total. The number of alkyl halides is 3. The summed E-state index contributed by atoms with van der Waals surface area (Å²) < 4.78 is 38.0. The number of benzene rings is 1. The molecule has 1 aromatic rings. The van der Waals surface area contributed by atoms with Crippen molar-refractivity contribution in [2.45, 2.75) is 32.9 Å². The van der Waals surface area contributed by atoms with Gasteiger partial charge >= 0.3 is 6.18 Å². The van der Waals surface area contributed by atoms with E-state index in [-0.39, 0.29) is 5.91 Å². The Balaban J connectivity index is 2.73. The van der Waals surface area contributed by atoms with Gasteiger partial charge in [-0.2, -0.15) is 13.2 Å². The van der Waals surface area contributed by atoms with Gasteiger partial charge in [0.2, 0.25) is 5.91 Å². The van der Waals surface area contributed by atoms with E-state index < -0.39 is 11.7 Å². The fraction of sp³-hybridized carbons (Fsp3) is 0.500. The second-order valence-electron chi connectivity index (χ2n) is 4.37. The lowest BCUT2D eigenvalue weighted by Crippen LogP contribution is -2.30. The molecule has 0 unspecified atom stereocenters. The van der Waals surface area contributed by atoms with Crippen molar-refractivity contribution in [3.8, 4) is 0 Å². The van der Waals surface area contributed by atoms with Crippen molar-refractivity contribution >= 4 is 21.8 Å². The molecule has 0 atom stereocenters. The highest BCUT2D eigenvalue weighted by molar-refractivity contribution is 9.10. The molecule has 0 aromatic heterocycles. The summed E-state index contributed by atoms with van der Waals surface area (Å²) >= 11 is 3.14. The molecule has 0 saturated heterocycles. The summed E-state index contributed by atoms with van der Waals surface area (Å²) in [5, 5.41) is 0. The number of carbonyl (C=O) groups excluding carboxylic acids is 1. The number of hydrogen-bond donors (Lipinski definition) is 0. The maximum Gasteiger partial charge on any atom is 0.416 e. The summed E-state index contributed by atoms with van der Waals surface area (Å²) in [7, 11) is 0.